The van der Waals surface area contributed by atoms with Crippen molar-refractivity contribution < 1.29 is 99.9 Å². The summed E-state index contributed by atoms with van der Waals surface area (Å²) in [6, 6.07) is 0. The quantitative estimate of drug-likeness (QED) is 0.530. The van der Waals surface area contributed by atoms with E-state index in [-0.39, 0.29) is 110 Å². The molecule has 1 atom stereocenters. The normalized spacial score (nSPS) is 0. The van der Waals surface area contributed by atoms with Gasteiger partial charge in [-0.25, -0.2) is 0 Å². The Morgan fingerprint density at radius 1 is 0.500 bits per heavy atom. The van der Waals surface area contributed by atoms with Crippen molar-refractivity contribution in [1.29, 1.82) is 0 Å². The minimum absolute atomic E-state index is 0. The van der Waals surface area contributed by atoms with Gasteiger partial charge in [-0.1, -0.05) is 0 Å². The van der Waals surface area contributed by atoms with E-state index in [1.54, 1.807) is 0 Å². The van der Waals surface area contributed by atoms with Crippen LogP contribution in [0.1, 0.15) is 0 Å². The molecule has 1 unspecified atom stereocenters. The van der Waals surface area contributed by atoms with Gasteiger partial charge in [0.05, 0.1) is 0 Å². The summed E-state index contributed by atoms with van der Waals surface area (Å²) in [5.74, 6) is 0. The fourth-order valence-corrected chi connectivity index (χ4v) is 0. The van der Waals surface area contributed by atoms with Gasteiger partial charge in [0.1, 0.15) is 0 Å². The first-order valence-corrected chi connectivity index (χ1v) is 0. The van der Waals surface area contributed by atoms with Crippen LogP contribution in [-0.4, -0.2) is 0 Å². The molecule has 0 aromatic heterocycles. The van der Waals surface area contributed by atoms with E-state index in [0.29, 0.717) is 0 Å². The van der Waals surface area contributed by atoms with E-state index < -0.39 is 0 Å². The summed E-state index contributed by atoms with van der Waals surface area (Å²) in [5.41, 5.74) is 0. The SMILES string of the molecule is P.[Ce+3].[Ce+3].[O-2].[O-2].[O-2]. The zero-order valence-electron chi connectivity index (χ0n) is 2.93. The molecule has 0 aromatic rings. The van der Waals surface area contributed by atoms with Crippen LogP contribution >= 0.6 is 9.90 Å². The summed E-state index contributed by atoms with van der Waals surface area (Å²) in [6.45, 7) is 0. The molecule has 3 nitrogen and oxygen atoms in total. The van der Waals surface area contributed by atoms with Crippen molar-refractivity contribution in [3.8, 4) is 0 Å². The zero-order valence-corrected chi connectivity index (χ0v) is 10.6. The predicted molar refractivity (Wildman–Crippen MR) is 13.2 cm³/mol. The largest absolute Gasteiger partial charge is 3.00 e. The Hall–Kier alpha value is 3.06. The number of hydrogen-bond acceptors (Lipinski definition) is 0. The minimum atomic E-state index is 0. The van der Waals surface area contributed by atoms with Crippen molar-refractivity contribution >= 4 is 9.90 Å². The Labute approximate surface area is 107 Å². The Kier molecular flexibility index (Phi) is 449. The van der Waals surface area contributed by atoms with Gasteiger partial charge in [-0.2, -0.15) is 9.90 Å². The van der Waals surface area contributed by atoms with E-state index in [1.165, 1.54) is 0 Å². The molecule has 0 fully saturated rings. The molecule has 0 saturated heterocycles. The van der Waals surface area contributed by atoms with Crippen LogP contribution in [-0.2, 0) is 16.4 Å². The molecule has 0 aliphatic carbocycles. The van der Waals surface area contributed by atoms with Gasteiger partial charge in [-0.3, -0.25) is 0 Å². The van der Waals surface area contributed by atoms with Crippen molar-refractivity contribution in [1.82, 2.24) is 0 Å². The number of hydrogen-bond donors (Lipinski definition) is 0. The van der Waals surface area contributed by atoms with Gasteiger partial charge in [0.2, 0.25) is 0 Å². The van der Waals surface area contributed by atoms with Gasteiger partial charge in [0, 0.05) is 0 Å². The van der Waals surface area contributed by atoms with E-state index in [0.717, 1.165) is 0 Å². The van der Waals surface area contributed by atoms with Crippen LogP contribution < -0.4 is 0 Å². The Balaban J connectivity index is 0. The van der Waals surface area contributed by atoms with Gasteiger partial charge in [-0.05, 0) is 0 Å². The van der Waals surface area contributed by atoms with Gasteiger partial charge >= 0.3 is 83.5 Å². The smallest absolute Gasteiger partial charge is 2.00 e. The molecule has 0 saturated carbocycles. The third-order valence-electron chi connectivity index (χ3n) is 0. The van der Waals surface area contributed by atoms with Crippen LogP contribution in [0.15, 0.2) is 0 Å². The van der Waals surface area contributed by atoms with Crippen LogP contribution in [0.2, 0.25) is 0 Å². The second kappa shape index (κ2) is 42.9. The molecule has 6 heavy (non-hydrogen) atoms. The van der Waals surface area contributed by atoms with Crippen LogP contribution in [0, 0.1) is 83.5 Å². The predicted octanol–water partition coefficient (Wildman–Crippen LogP) is -0.298. The first-order chi connectivity index (χ1) is 0. The fourth-order valence-electron chi connectivity index (χ4n) is 0. The van der Waals surface area contributed by atoms with Crippen molar-refractivity contribution in [2.24, 2.45) is 0 Å². The Bertz CT molecular complexity index is 8.75. The van der Waals surface area contributed by atoms with Gasteiger partial charge in [0.15, 0.2) is 0 Å². The summed E-state index contributed by atoms with van der Waals surface area (Å²) < 4.78 is 0. The maximum absolute atomic E-state index is 0. The first kappa shape index (κ1) is 62.8. The monoisotopic (exact) mass is 362 g/mol. The molecule has 0 aliphatic heterocycles. The molecule has 0 N–H and O–H groups in total. The van der Waals surface area contributed by atoms with Crippen LogP contribution in [0.25, 0.3) is 0 Å². The van der Waals surface area contributed by atoms with Crippen LogP contribution in [0.4, 0.5) is 0 Å². The summed E-state index contributed by atoms with van der Waals surface area (Å²) >= 11 is 0. The van der Waals surface area contributed by atoms with Crippen molar-refractivity contribution in [3.63, 3.8) is 0 Å². The molecule has 0 spiro atoms. The molecule has 0 heterocycles. The molecule has 2 radical (unpaired) electrons. The summed E-state index contributed by atoms with van der Waals surface area (Å²) in [5, 5.41) is 0. The first-order valence-electron chi connectivity index (χ1n) is 0. The third-order valence-corrected chi connectivity index (χ3v) is 0. The molecule has 0 aliphatic rings. The summed E-state index contributed by atoms with van der Waals surface area (Å²) in [7, 11) is 0. The average Bonchev–Trinajstić information content (AvgIpc) is 0. The molecule has 0 bridgehead atoms. The molecular formula is H3Ce2O3P. The van der Waals surface area contributed by atoms with E-state index in [2.05, 4.69) is 0 Å². The van der Waals surface area contributed by atoms with E-state index in [4.69, 9.17) is 0 Å². The topological polar surface area (TPSA) is 85.5 Å². The van der Waals surface area contributed by atoms with Crippen molar-refractivity contribution in [3.05, 3.63) is 0 Å². The van der Waals surface area contributed by atoms with Gasteiger partial charge in [0.25, 0.3) is 0 Å². The molecule has 34 valence electrons. The maximum atomic E-state index is 0. The van der Waals surface area contributed by atoms with Gasteiger partial charge < -0.3 is 16.4 Å². The van der Waals surface area contributed by atoms with Crippen molar-refractivity contribution in [2.45, 2.75) is 0 Å². The maximum Gasteiger partial charge on any atom is 3.00 e. The standard InChI is InChI=1S/2Ce.3O.H3P/h;;;;;1H3/q2*+3;3*-2;. The summed E-state index contributed by atoms with van der Waals surface area (Å²) in [6.07, 6.45) is 0. The summed E-state index contributed by atoms with van der Waals surface area (Å²) in [4.78, 5) is 0. The zero-order chi connectivity index (χ0) is 0. The van der Waals surface area contributed by atoms with Gasteiger partial charge in [-0.15, -0.1) is 0 Å². The van der Waals surface area contributed by atoms with Crippen LogP contribution in [0.3, 0.4) is 0 Å². The third kappa shape index (κ3) is 27.7. The fraction of sp³-hybridized carbons (Fsp3) is 0. The molecular weight excluding hydrogens is 359 g/mol. The van der Waals surface area contributed by atoms with E-state index in [9.17, 15) is 0 Å². The Morgan fingerprint density at radius 2 is 0.500 bits per heavy atom. The second-order valence-electron chi connectivity index (χ2n) is 0. The number of rotatable bonds is 0. The minimum Gasteiger partial charge on any atom is -2.00 e. The molecule has 0 rings (SSSR count). The van der Waals surface area contributed by atoms with Crippen LogP contribution in [0.5, 0.6) is 0 Å². The average molecular weight is 362 g/mol. The second-order valence-corrected chi connectivity index (χ2v) is 0. The Morgan fingerprint density at radius 3 is 0.500 bits per heavy atom. The molecule has 6 heteroatoms. The van der Waals surface area contributed by atoms with E-state index in [1.807, 2.05) is 0 Å². The van der Waals surface area contributed by atoms with Crippen molar-refractivity contribution in [2.75, 3.05) is 0 Å². The molecule has 0 amide bonds. The molecule has 0 aromatic carbocycles. The van der Waals surface area contributed by atoms with E-state index >= 15 is 0 Å².